The van der Waals surface area contributed by atoms with E-state index in [1.54, 1.807) is 12.1 Å². The summed E-state index contributed by atoms with van der Waals surface area (Å²) >= 11 is 0. The zero-order chi connectivity index (χ0) is 15.5. The van der Waals surface area contributed by atoms with Crippen LogP contribution in [0.3, 0.4) is 0 Å². The number of nitrogens with one attached hydrogen (secondary N) is 2. The molecule has 116 valence electrons. The van der Waals surface area contributed by atoms with E-state index >= 15 is 0 Å². The summed E-state index contributed by atoms with van der Waals surface area (Å²) in [5.41, 5.74) is 0.489. The maximum absolute atomic E-state index is 12.5. The Hall–Kier alpha value is -1.64. The van der Waals surface area contributed by atoms with E-state index in [1.807, 2.05) is 0 Å². The first-order valence-corrected chi connectivity index (χ1v) is 8.14. The molecule has 0 aromatic heterocycles. The van der Waals surface area contributed by atoms with Crippen molar-refractivity contribution in [2.75, 3.05) is 45.7 Å². The first-order chi connectivity index (χ1) is 9.93. The van der Waals surface area contributed by atoms with Crippen LogP contribution in [0.4, 0.5) is 10.5 Å². The number of hydrogen-bond donors (Lipinski definition) is 2. The summed E-state index contributed by atoms with van der Waals surface area (Å²) in [7, 11) is -0.140. The quantitative estimate of drug-likeness (QED) is 0.779. The highest BCUT2D eigenvalue weighted by Gasteiger charge is 2.28. The molecule has 0 atom stereocenters. The number of carbonyl (C=O) groups excluding carboxylic acids is 1. The fraction of sp³-hybridized carbons (Fsp3) is 0.462. The van der Waals surface area contributed by atoms with Crippen molar-refractivity contribution in [1.82, 2.24) is 4.31 Å². The van der Waals surface area contributed by atoms with Crippen LogP contribution in [0.25, 0.3) is 0 Å². The molecule has 2 N–H and O–H groups in total. The molecule has 1 aromatic rings. The maximum Gasteiger partial charge on any atom is 0.411 e. The minimum absolute atomic E-state index is 0.234. The van der Waals surface area contributed by atoms with Gasteiger partial charge in [-0.1, -0.05) is 0 Å². The molecule has 0 aliphatic carbocycles. The molecule has 1 fully saturated rings. The van der Waals surface area contributed by atoms with Crippen molar-refractivity contribution < 1.29 is 22.8 Å². The number of anilines is 1. The summed E-state index contributed by atoms with van der Waals surface area (Å²) in [5, 5.41) is 2.48. The Bertz CT molecular complexity index is 592. The Kier molecular flexibility index (Phi) is 4.81. The molecule has 1 aromatic carbocycles. The predicted molar refractivity (Wildman–Crippen MR) is 77.8 cm³/mol. The SMILES string of the molecule is COC(=O)Nc1ccc(S(=O)(=O)N2CC[NH+](C)CC2)cc1. The lowest BCUT2D eigenvalue weighted by molar-refractivity contribution is -0.883. The smallest absolute Gasteiger partial charge is 0.411 e. The first kappa shape index (κ1) is 15.7. The largest absolute Gasteiger partial charge is 0.453 e. The van der Waals surface area contributed by atoms with Crippen molar-refractivity contribution in [1.29, 1.82) is 0 Å². The zero-order valence-electron chi connectivity index (χ0n) is 12.1. The van der Waals surface area contributed by atoms with E-state index < -0.39 is 16.1 Å². The maximum atomic E-state index is 12.5. The van der Waals surface area contributed by atoms with Gasteiger partial charge in [0.15, 0.2) is 0 Å². The van der Waals surface area contributed by atoms with Crippen LogP contribution in [0.2, 0.25) is 0 Å². The number of methoxy groups -OCH3 is 1. The lowest BCUT2D eigenvalue weighted by Crippen LogP contribution is -3.12. The fourth-order valence-corrected chi connectivity index (χ4v) is 3.58. The van der Waals surface area contributed by atoms with E-state index in [2.05, 4.69) is 17.1 Å². The number of carbonyl (C=O) groups is 1. The third-order valence-corrected chi connectivity index (χ3v) is 5.41. The molecule has 0 spiro atoms. The molecule has 21 heavy (non-hydrogen) atoms. The van der Waals surface area contributed by atoms with Crippen LogP contribution in [-0.4, -0.2) is 59.2 Å². The molecule has 0 radical (unpaired) electrons. The minimum Gasteiger partial charge on any atom is -0.453 e. The van der Waals surface area contributed by atoms with Crippen molar-refractivity contribution >= 4 is 21.8 Å². The van der Waals surface area contributed by atoms with Crippen LogP contribution in [0, 0.1) is 0 Å². The van der Waals surface area contributed by atoms with Gasteiger partial charge in [-0.25, -0.2) is 13.2 Å². The van der Waals surface area contributed by atoms with E-state index in [-0.39, 0.29) is 4.90 Å². The highest BCUT2D eigenvalue weighted by atomic mass is 32.2. The number of piperazine rings is 1. The molecule has 1 amide bonds. The molecule has 0 unspecified atom stereocenters. The van der Waals surface area contributed by atoms with Crippen molar-refractivity contribution in [2.45, 2.75) is 4.90 Å². The first-order valence-electron chi connectivity index (χ1n) is 6.70. The second kappa shape index (κ2) is 6.42. The number of quaternary nitrogens is 1. The van der Waals surface area contributed by atoms with Gasteiger partial charge in [0.05, 0.1) is 45.2 Å². The van der Waals surface area contributed by atoms with Crippen LogP contribution in [0.1, 0.15) is 0 Å². The Morgan fingerprint density at radius 1 is 1.24 bits per heavy atom. The average molecular weight is 314 g/mol. The zero-order valence-corrected chi connectivity index (χ0v) is 12.9. The van der Waals surface area contributed by atoms with Crippen LogP contribution in [-0.2, 0) is 14.8 Å². The van der Waals surface area contributed by atoms with Crippen molar-refractivity contribution in [3.05, 3.63) is 24.3 Å². The highest BCUT2D eigenvalue weighted by molar-refractivity contribution is 7.89. The van der Waals surface area contributed by atoms with Gasteiger partial charge in [-0.05, 0) is 24.3 Å². The topological polar surface area (TPSA) is 80.1 Å². The standard InChI is InChI=1S/C13H19N3O4S/c1-15-7-9-16(10-8-15)21(18,19)12-5-3-11(4-6-12)14-13(17)20-2/h3-6H,7-10H2,1-2H3,(H,14,17)/p+1. The number of rotatable bonds is 3. The number of amides is 1. The van der Waals surface area contributed by atoms with Crippen LogP contribution < -0.4 is 10.2 Å². The van der Waals surface area contributed by atoms with Gasteiger partial charge in [0.1, 0.15) is 0 Å². The van der Waals surface area contributed by atoms with Crippen molar-refractivity contribution in [3.8, 4) is 0 Å². The Morgan fingerprint density at radius 3 is 2.33 bits per heavy atom. The summed E-state index contributed by atoms with van der Waals surface area (Å²) in [6, 6.07) is 6.08. The van der Waals surface area contributed by atoms with Crippen LogP contribution >= 0.6 is 0 Å². The van der Waals surface area contributed by atoms with Gasteiger partial charge in [0, 0.05) is 5.69 Å². The van der Waals surface area contributed by atoms with E-state index in [0.29, 0.717) is 18.8 Å². The lowest BCUT2D eigenvalue weighted by atomic mass is 10.3. The molecule has 1 aliphatic rings. The second-order valence-electron chi connectivity index (χ2n) is 5.00. The van der Waals surface area contributed by atoms with Gasteiger partial charge in [0.25, 0.3) is 0 Å². The number of benzene rings is 1. The molecular formula is C13H20N3O4S+. The Labute approximate surface area is 124 Å². The molecule has 7 nitrogen and oxygen atoms in total. The summed E-state index contributed by atoms with van der Waals surface area (Å²) in [6.45, 7) is 2.66. The number of sulfonamides is 1. The summed E-state index contributed by atoms with van der Waals surface area (Å²) in [5.74, 6) is 0. The molecule has 8 heteroatoms. The van der Waals surface area contributed by atoms with Gasteiger partial charge in [0.2, 0.25) is 10.0 Å². The normalized spacial score (nSPS) is 17.4. The number of nitrogens with zero attached hydrogens (tertiary/aromatic N) is 1. The second-order valence-corrected chi connectivity index (χ2v) is 6.94. The fourth-order valence-electron chi connectivity index (χ4n) is 2.14. The predicted octanol–water partition coefficient (Wildman–Crippen LogP) is -0.616. The van der Waals surface area contributed by atoms with Gasteiger partial charge in [-0.15, -0.1) is 0 Å². The van der Waals surface area contributed by atoms with E-state index in [9.17, 15) is 13.2 Å². The van der Waals surface area contributed by atoms with Gasteiger partial charge in [-0.2, -0.15) is 4.31 Å². The van der Waals surface area contributed by atoms with Gasteiger partial charge >= 0.3 is 6.09 Å². The summed E-state index contributed by atoms with van der Waals surface area (Å²) in [4.78, 5) is 12.6. The molecule has 1 saturated heterocycles. The summed E-state index contributed by atoms with van der Waals surface area (Å²) in [6.07, 6.45) is -0.590. The van der Waals surface area contributed by atoms with Gasteiger partial charge < -0.3 is 9.64 Å². The van der Waals surface area contributed by atoms with Crippen LogP contribution in [0.5, 0.6) is 0 Å². The Morgan fingerprint density at radius 2 is 1.81 bits per heavy atom. The number of hydrogen-bond acceptors (Lipinski definition) is 4. The molecular weight excluding hydrogens is 294 g/mol. The lowest BCUT2D eigenvalue weighted by Gasteiger charge is -2.29. The third kappa shape index (κ3) is 3.72. The van der Waals surface area contributed by atoms with Crippen molar-refractivity contribution in [2.24, 2.45) is 0 Å². The Balaban J connectivity index is 2.12. The highest BCUT2D eigenvalue weighted by Crippen LogP contribution is 2.18. The molecule has 1 heterocycles. The van der Waals surface area contributed by atoms with E-state index in [4.69, 9.17) is 0 Å². The van der Waals surface area contributed by atoms with Gasteiger partial charge in [-0.3, -0.25) is 5.32 Å². The average Bonchev–Trinajstić information content (AvgIpc) is 2.48. The third-order valence-electron chi connectivity index (χ3n) is 3.50. The molecule has 0 saturated carbocycles. The summed E-state index contributed by atoms with van der Waals surface area (Å²) < 4.78 is 31.0. The molecule has 2 rings (SSSR count). The monoisotopic (exact) mass is 314 g/mol. The molecule has 0 bridgehead atoms. The van der Waals surface area contributed by atoms with E-state index in [1.165, 1.54) is 28.4 Å². The molecule has 1 aliphatic heterocycles. The number of likely N-dealkylation sites (N-methyl/N-ethyl adjacent to an activating group) is 1. The minimum atomic E-state index is -3.46. The van der Waals surface area contributed by atoms with Crippen LogP contribution in [0.15, 0.2) is 29.2 Å². The van der Waals surface area contributed by atoms with Crippen molar-refractivity contribution in [3.63, 3.8) is 0 Å². The van der Waals surface area contributed by atoms with E-state index in [0.717, 1.165) is 13.1 Å². The number of ether oxygens (including phenoxy) is 1.